The Bertz CT molecular complexity index is 593. The van der Waals surface area contributed by atoms with Gasteiger partial charge < -0.3 is 10.2 Å². The Morgan fingerprint density at radius 3 is 2.52 bits per heavy atom. The quantitative estimate of drug-likeness (QED) is 0.889. The van der Waals surface area contributed by atoms with E-state index in [1.807, 2.05) is 6.07 Å². The SMILES string of the molecule is Cc1c(NC(C)C2CCN(C)CC2)cccc1S(N)(=O)=O. The van der Waals surface area contributed by atoms with Crippen LogP contribution < -0.4 is 10.5 Å². The highest BCUT2D eigenvalue weighted by Gasteiger charge is 2.23. The Labute approximate surface area is 127 Å². The number of piperidine rings is 1. The molecule has 6 heteroatoms. The summed E-state index contributed by atoms with van der Waals surface area (Å²) in [5.41, 5.74) is 1.55. The van der Waals surface area contributed by atoms with Crippen molar-refractivity contribution in [2.75, 3.05) is 25.5 Å². The van der Waals surface area contributed by atoms with Gasteiger partial charge in [0.05, 0.1) is 4.90 Å². The van der Waals surface area contributed by atoms with E-state index in [-0.39, 0.29) is 4.90 Å². The molecule has 0 spiro atoms. The molecule has 1 fully saturated rings. The number of nitrogens with zero attached hydrogens (tertiary/aromatic N) is 1. The van der Waals surface area contributed by atoms with Gasteiger partial charge >= 0.3 is 0 Å². The number of rotatable bonds is 4. The van der Waals surface area contributed by atoms with Crippen LogP contribution in [0, 0.1) is 12.8 Å². The number of anilines is 1. The smallest absolute Gasteiger partial charge is 0.238 e. The van der Waals surface area contributed by atoms with Crippen LogP contribution >= 0.6 is 0 Å². The highest BCUT2D eigenvalue weighted by molar-refractivity contribution is 7.89. The maximum atomic E-state index is 11.6. The summed E-state index contributed by atoms with van der Waals surface area (Å²) in [7, 11) is -1.52. The lowest BCUT2D eigenvalue weighted by molar-refractivity contribution is 0.208. The number of hydrogen-bond acceptors (Lipinski definition) is 4. The third-order valence-electron chi connectivity index (χ3n) is 4.44. The van der Waals surface area contributed by atoms with E-state index in [2.05, 4.69) is 24.2 Å². The summed E-state index contributed by atoms with van der Waals surface area (Å²) >= 11 is 0. The zero-order chi connectivity index (χ0) is 15.6. The fourth-order valence-electron chi connectivity index (χ4n) is 2.97. The summed E-state index contributed by atoms with van der Waals surface area (Å²) in [6.07, 6.45) is 2.33. The third-order valence-corrected chi connectivity index (χ3v) is 5.50. The summed E-state index contributed by atoms with van der Waals surface area (Å²) in [6.45, 7) is 6.20. The van der Waals surface area contributed by atoms with Crippen molar-refractivity contribution in [1.29, 1.82) is 0 Å². The number of hydrogen-bond donors (Lipinski definition) is 2. The topological polar surface area (TPSA) is 75.4 Å². The highest BCUT2D eigenvalue weighted by atomic mass is 32.2. The number of benzene rings is 1. The van der Waals surface area contributed by atoms with Gasteiger partial charge in [0.15, 0.2) is 0 Å². The minimum atomic E-state index is -3.67. The molecular formula is C15H25N3O2S. The lowest BCUT2D eigenvalue weighted by Crippen LogP contribution is -2.37. The second-order valence-electron chi connectivity index (χ2n) is 6.05. The molecule has 118 valence electrons. The first-order valence-electron chi connectivity index (χ1n) is 7.36. The van der Waals surface area contributed by atoms with Crippen LogP contribution in [0.4, 0.5) is 5.69 Å². The van der Waals surface area contributed by atoms with Crippen LogP contribution in [0.5, 0.6) is 0 Å². The first-order chi connectivity index (χ1) is 9.79. The van der Waals surface area contributed by atoms with Gasteiger partial charge in [0, 0.05) is 11.7 Å². The van der Waals surface area contributed by atoms with Gasteiger partial charge in [0.1, 0.15) is 0 Å². The molecule has 1 aromatic rings. The predicted octanol–water partition coefficient (Wildman–Crippen LogP) is 1.78. The molecule has 2 rings (SSSR count). The maximum Gasteiger partial charge on any atom is 0.238 e. The van der Waals surface area contributed by atoms with Gasteiger partial charge in [-0.2, -0.15) is 0 Å². The minimum absolute atomic E-state index is 0.197. The van der Waals surface area contributed by atoms with Gasteiger partial charge in [-0.05, 0) is 70.4 Å². The standard InChI is InChI=1S/C15H25N3O2S/c1-11-14(5-4-6-15(11)21(16,19)20)17-12(2)13-7-9-18(3)10-8-13/h4-6,12-13,17H,7-10H2,1-3H3,(H2,16,19,20). The molecular weight excluding hydrogens is 286 g/mol. The second kappa shape index (κ2) is 6.34. The van der Waals surface area contributed by atoms with Crippen molar-refractivity contribution in [3.63, 3.8) is 0 Å². The van der Waals surface area contributed by atoms with E-state index in [9.17, 15) is 8.42 Å². The second-order valence-corrected chi connectivity index (χ2v) is 7.58. The molecule has 1 atom stereocenters. The highest BCUT2D eigenvalue weighted by Crippen LogP contribution is 2.26. The molecule has 5 nitrogen and oxygen atoms in total. The molecule has 21 heavy (non-hydrogen) atoms. The molecule has 1 unspecified atom stereocenters. The van der Waals surface area contributed by atoms with Crippen LogP contribution in [0.1, 0.15) is 25.3 Å². The monoisotopic (exact) mass is 311 g/mol. The first-order valence-corrected chi connectivity index (χ1v) is 8.91. The molecule has 0 aliphatic carbocycles. The summed E-state index contributed by atoms with van der Waals surface area (Å²) in [5, 5.41) is 8.72. The fraction of sp³-hybridized carbons (Fsp3) is 0.600. The van der Waals surface area contributed by atoms with Gasteiger partial charge in [-0.25, -0.2) is 13.6 Å². The van der Waals surface area contributed by atoms with Crippen LogP contribution in [0.3, 0.4) is 0 Å². The number of likely N-dealkylation sites (tertiary alicyclic amines) is 1. The largest absolute Gasteiger partial charge is 0.382 e. The fourth-order valence-corrected chi connectivity index (χ4v) is 3.78. The van der Waals surface area contributed by atoms with Crippen molar-refractivity contribution < 1.29 is 8.42 Å². The van der Waals surface area contributed by atoms with Crippen molar-refractivity contribution >= 4 is 15.7 Å². The summed E-state index contributed by atoms with van der Waals surface area (Å²) < 4.78 is 23.1. The van der Waals surface area contributed by atoms with Gasteiger partial charge in [0.2, 0.25) is 10.0 Å². The molecule has 1 heterocycles. The minimum Gasteiger partial charge on any atom is -0.382 e. The van der Waals surface area contributed by atoms with E-state index in [0.717, 1.165) is 18.8 Å². The van der Waals surface area contributed by atoms with Crippen LogP contribution in [-0.2, 0) is 10.0 Å². The molecule has 3 N–H and O–H groups in total. The Balaban J connectivity index is 2.13. The Kier molecular flexibility index (Phi) is 4.91. The Hall–Kier alpha value is -1.11. The zero-order valence-corrected chi connectivity index (χ0v) is 13.8. The average Bonchev–Trinajstić information content (AvgIpc) is 2.40. The van der Waals surface area contributed by atoms with E-state index in [1.165, 1.54) is 12.8 Å². The predicted molar refractivity (Wildman–Crippen MR) is 85.9 cm³/mol. The normalized spacial score (nSPS) is 19.4. The number of nitrogens with two attached hydrogens (primary N) is 1. The van der Waals surface area contributed by atoms with Crippen LogP contribution in [0.15, 0.2) is 23.1 Å². The maximum absolute atomic E-state index is 11.6. The van der Waals surface area contributed by atoms with Crippen LogP contribution in [0.25, 0.3) is 0 Å². The van der Waals surface area contributed by atoms with Crippen molar-refractivity contribution in [2.24, 2.45) is 11.1 Å². The van der Waals surface area contributed by atoms with Gasteiger partial charge in [0.25, 0.3) is 0 Å². The summed E-state index contributed by atoms with van der Waals surface area (Å²) in [5.74, 6) is 0.610. The molecule has 1 aliphatic rings. The molecule has 0 amide bonds. The van der Waals surface area contributed by atoms with E-state index >= 15 is 0 Å². The lowest BCUT2D eigenvalue weighted by Gasteiger charge is -2.33. The molecule has 0 saturated carbocycles. The van der Waals surface area contributed by atoms with E-state index in [1.54, 1.807) is 19.1 Å². The number of primary sulfonamides is 1. The number of sulfonamides is 1. The molecule has 1 aliphatic heterocycles. The van der Waals surface area contributed by atoms with Crippen molar-refractivity contribution in [1.82, 2.24) is 4.90 Å². The van der Waals surface area contributed by atoms with Gasteiger partial charge in [-0.1, -0.05) is 6.07 Å². The lowest BCUT2D eigenvalue weighted by atomic mass is 9.90. The van der Waals surface area contributed by atoms with Gasteiger partial charge in [-0.3, -0.25) is 0 Å². The van der Waals surface area contributed by atoms with E-state index < -0.39 is 10.0 Å². The average molecular weight is 311 g/mol. The van der Waals surface area contributed by atoms with E-state index in [0.29, 0.717) is 17.5 Å². The third kappa shape index (κ3) is 3.96. The molecule has 1 aromatic carbocycles. The van der Waals surface area contributed by atoms with Crippen molar-refractivity contribution in [3.8, 4) is 0 Å². The van der Waals surface area contributed by atoms with Crippen molar-refractivity contribution in [3.05, 3.63) is 23.8 Å². The van der Waals surface area contributed by atoms with Gasteiger partial charge in [-0.15, -0.1) is 0 Å². The molecule has 1 saturated heterocycles. The summed E-state index contributed by atoms with van der Waals surface area (Å²) in [4.78, 5) is 2.54. The zero-order valence-electron chi connectivity index (χ0n) is 13.0. The first kappa shape index (κ1) is 16.3. The molecule has 0 radical (unpaired) electrons. The number of nitrogens with one attached hydrogen (secondary N) is 1. The summed E-state index contributed by atoms with van der Waals surface area (Å²) in [6, 6.07) is 5.51. The van der Waals surface area contributed by atoms with Crippen molar-refractivity contribution in [2.45, 2.75) is 37.6 Å². The molecule has 0 bridgehead atoms. The Morgan fingerprint density at radius 1 is 1.33 bits per heavy atom. The Morgan fingerprint density at radius 2 is 1.95 bits per heavy atom. The molecule has 0 aromatic heterocycles. The van der Waals surface area contributed by atoms with Crippen LogP contribution in [-0.4, -0.2) is 39.5 Å². The van der Waals surface area contributed by atoms with E-state index in [4.69, 9.17) is 5.14 Å². The van der Waals surface area contributed by atoms with Crippen LogP contribution in [0.2, 0.25) is 0 Å².